The number of halogens is 1. The van der Waals surface area contributed by atoms with Crippen LogP contribution in [0.4, 0.5) is 4.39 Å². The Labute approximate surface area is 206 Å². The predicted molar refractivity (Wildman–Crippen MR) is 129 cm³/mol. The molecule has 7 atom stereocenters. The first-order valence-electron chi connectivity index (χ1n) is 12.5. The van der Waals surface area contributed by atoms with Crippen molar-refractivity contribution in [3.8, 4) is 0 Å². The maximum atomic E-state index is 13.1. The van der Waals surface area contributed by atoms with Crippen molar-refractivity contribution in [1.82, 2.24) is 20.6 Å². The van der Waals surface area contributed by atoms with Crippen molar-refractivity contribution >= 4 is 11.8 Å². The summed E-state index contributed by atoms with van der Waals surface area (Å²) in [5.41, 5.74) is 1.21. The number of amides is 2. The first-order chi connectivity index (χ1) is 16.7. The fraction of sp³-hybridized carbons (Fsp3) is 0.556. The van der Waals surface area contributed by atoms with Crippen LogP contribution in [0.15, 0.2) is 43.0 Å². The smallest absolute Gasteiger partial charge is 0.254 e. The highest BCUT2D eigenvalue weighted by atomic mass is 19.1. The lowest BCUT2D eigenvalue weighted by atomic mass is 9.51. The SMILES string of the molecule is C[C@@H]1[C@@H]2[C@@H](O)[C@H]([C@H](C)C(=O)NCc3ccc(F)cc3)CC[C@]2(C)CC[C@@H]1NC(=O)c1cncnc1. The molecule has 0 unspecified atom stereocenters. The number of hydrogen-bond donors (Lipinski definition) is 3. The molecule has 2 saturated carbocycles. The molecule has 7 nitrogen and oxygen atoms in total. The number of nitrogens with one attached hydrogen (secondary N) is 2. The highest BCUT2D eigenvalue weighted by molar-refractivity contribution is 5.93. The van der Waals surface area contributed by atoms with Gasteiger partial charge in [0.1, 0.15) is 12.1 Å². The van der Waals surface area contributed by atoms with Gasteiger partial charge in [0.15, 0.2) is 0 Å². The normalized spacial score (nSPS) is 31.2. The van der Waals surface area contributed by atoms with Gasteiger partial charge >= 0.3 is 0 Å². The molecule has 2 amide bonds. The minimum atomic E-state index is -0.643. The Kier molecular flexibility index (Phi) is 7.50. The summed E-state index contributed by atoms with van der Waals surface area (Å²) in [6.45, 7) is 6.52. The van der Waals surface area contributed by atoms with Crippen molar-refractivity contribution in [1.29, 1.82) is 0 Å². The summed E-state index contributed by atoms with van der Waals surface area (Å²) >= 11 is 0. The van der Waals surface area contributed by atoms with Gasteiger partial charge in [0, 0.05) is 30.9 Å². The molecule has 1 heterocycles. The number of fused-ring (bicyclic) bond motifs is 1. The number of carbonyl (C=O) groups is 2. The van der Waals surface area contributed by atoms with Crippen LogP contribution in [-0.4, -0.2) is 39.0 Å². The van der Waals surface area contributed by atoms with Gasteiger partial charge in [0.05, 0.1) is 11.7 Å². The Bertz CT molecular complexity index is 1030. The molecule has 2 fully saturated rings. The molecule has 3 N–H and O–H groups in total. The number of aliphatic hydroxyl groups excluding tert-OH is 1. The molecule has 1 aromatic carbocycles. The number of nitrogens with zero attached hydrogens (tertiary/aromatic N) is 2. The molecule has 188 valence electrons. The lowest BCUT2D eigenvalue weighted by molar-refractivity contribution is -0.142. The number of benzene rings is 1. The van der Waals surface area contributed by atoms with Gasteiger partial charge in [-0.05, 0) is 66.5 Å². The standard InChI is InChI=1S/C27H35FN4O3/c1-16(25(34)31-12-18-4-6-20(28)7-5-18)21-8-10-27(3)11-9-22(17(2)23(27)24(21)33)32-26(35)19-13-29-15-30-14-19/h4-7,13-17,21-24,33H,8-12H2,1-3H3,(H,31,34)(H,32,35)/t16-,17-,21-,22-,23+,24-,27+/m0/s1. The Morgan fingerprint density at radius 3 is 2.51 bits per heavy atom. The molecular formula is C27H35FN4O3. The molecule has 0 saturated heterocycles. The lowest BCUT2D eigenvalue weighted by Gasteiger charge is -2.56. The Hall–Kier alpha value is -2.87. The molecule has 2 aliphatic rings. The summed E-state index contributed by atoms with van der Waals surface area (Å²) < 4.78 is 13.1. The van der Waals surface area contributed by atoms with Crippen LogP contribution < -0.4 is 10.6 Å². The Morgan fingerprint density at radius 1 is 1.17 bits per heavy atom. The average molecular weight is 483 g/mol. The van der Waals surface area contributed by atoms with E-state index in [4.69, 9.17) is 0 Å². The van der Waals surface area contributed by atoms with E-state index in [1.54, 1.807) is 12.1 Å². The summed E-state index contributed by atoms with van der Waals surface area (Å²) in [6, 6.07) is 5.99. The van der Waals surface area contributed by atoms with E-state index in [1.807, 2.05) is 6.92 Å². The van der Waals surface area contributed by atoms with Crippen molar-refractivity contribution in [2.45, 2.75) is 65.1 Å². The zero-order valence-electron chi connectivity index (χ0n) is 20.6. The van der Waals surface area contributed by atoms with Crippen molar-refractivity contribution in [2.24, 2.45) is 29.1 Å². The minimum absolute atomic E-state index is 0.0281. The number of carbonyl (C=O) groups excluding carboxylic acids is 2. The van der Waals surface area contributed by atoms with E-state index in [2.05, 4.69) is 34.4 Å². The zero-order chi connectivity index (χ0) is 25.2. The second-order valence-electron chi connectivity index (χ2n) is 10.6. The van der Waals surface area contributed by atoms with Gasteiger partial charge in [-0.25, -0.2) is 14.4 Å². The number of rotatable bonds is 6. The van der Waals surface area contributed by atoms with Crippen LogP contribution >= 0.6 is 0 Å². The molecule has 2 aliphatic carbocycles. The van der Waals surface area contributed by atoms with E-state index in [9.17, 15) is 19.1 Å². The van der Waals surface area contributed by atoms with Crippen molar-refractivity contribution in [2.75, 3.05) is 0 Å². The fourth-order valence-electron chi connectivity index (χ4n) is 6.31. The Morgan fingerprint density at radius 2 is 1.83 bits per heavy atom. The van der Waals surface area contributed by atoms with E-state index in [0.29, 0.717) is 12.1 Å². The third-order valence-corrected chi connectivity index (χ3v) is 8.46. The van der Waals surface area contributed by atoms with Gasteiger partial charge in [0.25, 0.3) is 5.91 Å². The molecule has 0 spiro atoms. The van der Waals surface area contributed by atoms with Gasteiger partial charge in [-0.1, -0.05) is 32.9 Å². The minimum Gasteiger partial charge on any atom is -0.392 e. The van der Waals surface area contributed by atoms with Crippen LogP contribution in [0.5, 0.6) is 0 Å². The van der Waals surface area contributed by atoms with Crippen LogP contribution in [0.25, 0.3) is 0 Å². The van der Waals surface area contributed by atoms with E-state index in [-0.39, 0.29) is 52.8 Å². The zero-order valence-corrected chi connectivity index (χ0v) is 20.6. The van der Waals surface area contributed by atoms with Crippen molar-refractivity contribution < 1.29 is 19.1 Å². The van der Waals surface area contributed by atoms with Gasteiger partial charge in [-0.2, -0.15) is 0 Å². The summed E-state index contributed by atoms with van der Waals surface area (Å²) in [4.78, 5) is 33.5. The van der Waals surface area contributed by atoms with Crippen LogP contribution in [0.1, 0.15) is 62.4 Å². The number of hydrogen-bond acceptors (Lipinski definition) is 5. The van der Waals surface area contributed by atoms with Gasteiger partial charge in [-0.15, -0.1) is 0 Å². The van der Waals surface area contributed by atoms with E-state index < -0.39 is 6.10 Å². The third-order valence-electron chi connectivity index (χ3n) is 8.46. The van der Waals surface area contributed by atoms with Gasteiger partial charge in [0.2, 0.25) is 5.91 Å². The summed E-state index contributed by atoms with van der Waals surface area (Å²) in [5, 5.41) is 17.6. The maximum Gasteiger partial charge on any atom is 0.254 e. The van der Waals surface area contributed by atoms with Crippen molar-refractivity contribution in [3.05, 3.63) is 59.9 Å². The van der Waals surface area contributed by atoms with Crippen LogP contribution in [0.2, 0.25) is 0 Å². The first kappa shape index (κ1) is 25.2. The van der Waals surface area contributed by atoms with E-state index in [1.165, 1.54) is 30.9 Å². The molecular weight excluding hydrogens is 447 g/mol. The Balaban J connectivity index is 1.41. The summed E-state index contributed by atoms with van der Waals surface area (Å²) in [5.74, 6) is -1.13. The quantitative estimate of drug-likeness (QED) is 0.585. The van der Waals surface area contributed by atoms with Crippen LogP contribution in [-0.2, 0) is 11.3 Å². The molecule has 0 bridgehead atoms. The van der Waals surface area contributed by atoms with E-state index in [0.717, 1.165) is 31.2 Å². The van der Waals surface area contributed by atoms with E-state index >= 15 is 0 Å². The number of aromatic nitrogens is 2. The first-order valence-corrected chi connectivity index (χ1v) is 12.5. The highest BCUT2D eigenvalue weighted by Crippen LogP contribution is 2.55. The molecule has 1 aromatic heterocycles. The molecule has 2 aromatic rings. The highest BCUT2D eigenvalue weighted by Gasteiger charge is 2.53. The summed E-state index contributed by atoms with van der Waals surface area (Å²) in [6.07, 6.45) is 7.22. The molecule has 0 aliphatic heterocycles. The largest absolute Gasteiger partial charge is 0.392 e. The van der Waals surface area contributed by atoms with Gasteiger partial charge < -0.3 is 15.7 Å². The topological polar surface area (TPSA) is 104 Å². The van der Waals surface area contributed by atoms with Crippen LogP contribution in [0.3, 0.4) is 0 Å². The monoisotopic (exact) mass is 482 g/mol. The molecule has 35 heavy (non-hydrogen) atoms. The lowest BCUT2D eigenvalue weighted by Crippen LogP contribution is -2.58. The fourth-order valence-corrected chi connectivity index (χ4v) is 6.31. The molecule has 4 rings (SSSR count). The maximum absolute atomic E-state index is 13.1. The average Bonchev–Trinajstić information content (AvgIpc) is 2.85. The van der Waals surface area contributed by atoms with Crippen molar-refractivity contribution in [3.63, 3.8) is 0 Å². The second kappa shape index (κ2) is 10.4. The summed E-state index contributed by atoms with van der Waals surface area (Å²) in [7, 11) is 0. The van der Waals surface area contributed by atoms with Gasteiger partial charge in [-0.3, -0.25) is 9.59 Å². The molecule has 0 radical (unpaired) electrons. The third kappa shape index (κ3) is 5.37. The predicted octanol–water partition coefficient (Wildman–Crippen LogP) is 3.49. The second-order valence-corrected chi connectivity index (χ2v) is 10.6. The number of aliphatic hydroxyl groups is 1. The van der Waals surface area contributed by atoms with Crippen LogP contribution in [0, 0.1) is 34.9 Å². The molecule has 8 heteroatoms.